The third-order valence-electron chi connectivity index (χ3n) is 4.85. The summed E-state index contributed by atoms with van der Waals surface area (Å²) in [5.74, 6) is 0.212. The summed E-state index contributed by atoms with van der Waals surface area (Å²) < 4.78 is 1.98. The van der Waals surface area contributed by atoms with E-state index >= 15 is 0 Å². The maximum atomic E-state index is 12.8. The summed E-state index contributed by atoms with van der Waals surface area (Å²) in [6.45, 7) is 4.61. The Hall–Kier alpha value is -2.14. The molecule has 1 fully saturated rings. The van der Waals surface area contributed by atoms with Gasteiger partial charge in [-0.3, -0.25) is 14.4 Å². The molecule has 4 rings (SSSR count). The number of hydrogen-bond donors (Lipinski definition) is 0. The number of carbonyl (C=O) groups excluding carboxylic acids is 1. The van der Waals surface area contributed by atoms with Gasteiger partial charge in [0.15, 0.2) is 0 Å². The van der Waals surface area contributed by atoms with Crippen LogP contribution in [0.4, 0.5) is 5.69 Å². The van der Waals surface area contributed by atoms with Crippen LogP contribution in [-0.4, -0.2) is 46.3 Å². The third-order valence-corrected chi connectivity index (χ3v) is 4.85. The van der Waals surface area contributed by atoms with Crippen LogP contribution in [0.1, 0.15) is 18.5 Å². The van der Waals surface area contributed by atoms with Crippen LogP contribution < -0.4 is 4.90 Å². The lowest BCUT2D eigenvalue weighted by Gasteiger charge is -2.43. The van der Waals surface area contributed by atoms with Crippen LogP contribution in [0.25, 0.3) is 0 Å². The predicted molar refractivity (Wildman–Crippen MR) is 84.8 cm³/mol. The molecule has 1 aromatic carbocycles. The fourth-order valence-electron chi connectivity index (χ4n) is 3.42. The van der Waals surface area contributed by atoms with Gasteiger partial charge in [-0.1, -0.05) is 18.2 Å². The molecule has 0 unspecified atom stereocenters. The molecule has 0 radical (unpaired) electrons. The number of carbonyl (C=O) groups is 1. The second-order valence-electron chi connectivity index (χ2n) is 6.14. The van der Waals surface area contributed by atoms with Crippen LogP contribution in [0.2, 0.25) is 0 Å². The molecule has 0 spiro atoms. The topological polar surface area (TPSA) is 41.4 Å². The first kappa shape index (κ1) is 13.5. The van der Waals surface area contributed by atoms with Crippen LogP contribution in [0.3, 0.4) is 0 Å². The summed E-state index contributed by atoms with van der Waals surface area (Å²) >= 11 is 0. The van der Waals surface area contributed by atoms with E-state index in [4.69, 9.17) is 0 Å². The minimum Gasteiger partial charge on any atom is -0.310 e. The Morgan fingerprint density at radius 2 is 2.09 bits per heavy atom. The highest BCUT2D eigenvalue weighted by atomic mass is 16.2. The molecule has 2 aromatic rings. The average Bonchev–Trinajstić information content (AvgIpc) is 3.14. The maximum Gasteiger partial charge on any atom is 0.244 e. The van der Waals surface area contributed by atoms with Crippen molar-refractivity contribution in [2.24, 2.45) is 0 Å². The van der Waals surface area contributed by atoms with Gasteiger partial charge < -0.3 is 4.90 Å². The van der Waals surface area contributed by atoms with E-state index < -0.39 is 0 Å². The first-order valence-electron chi connectivity index (χ1n) is 7.86. The van der Waals surface area contributed by atoms with Crippen molar-refractivity contribution in [3.63, 3.8) is 0 Å². The van der Waals surface area contributed by atoms with Crippen molar-refractivity contribution < 1.29 is 4.79 Å². The lowest BCUT2D eigenvalue weighted by Crippen LogP contribution is -2.57. The molecule has 0 bridgehead atoms. The Morgan fingerprint density at radius 1 is 1.27 bits per heavy atom. The van der Waals surface area contributed by atoms with E-state index in [1.807, 2.05) is 40.9 Å². The van der Waals surface area contributed by atoms with Gasteiger partial charge in [0.1, 0.15) is 0 Å². The van der Waals surface area contributed by atoms with Crippen LogP contribution in [0.5, 0.6) is 0 Å². The van der Waals surface area contributed by atoms with E-state index in [1.165, 1.54) is 5.56 Å². The van der Waals surface area contributed by atoms with E-state index in [2.05, 4.69) is 22.1 Å². The van der Waals surface area contributed by atoms with Crippen molar-refractivity contribution in [3.05, 3.63) is 48.3 Å². The number of rotatable bonds is 3. The summed E-state index contributed by atoms with van der Waals surface area (Å²) in [7, 11) is 0. The van der Waals surface area contributed by atoms with E-state index in [-0.39, 0.29) is 11.9 Å². The summed E-state index contributed by atoms with van der Waals surface area (Å²) in [6, 6.07) is 10.5. The second-order valence-corrected chi connectivity index (χ2v) is 6.14. The van der Waals surface area contributed by atoms with Crippen molar-refractivity contribution in [2.75, 3.05) is 24.5 Å². The molecule has 1 amide bonds. The molecule has 22 heavy (non-hydrogen) atoms. The third kappa shape index (κ3) is 2.13. The normalized spacial score (nSPS) is 19.8. The molecule has 1 aromatic heterocycles. The predicted octanol–water partition coefficient (Wildman–Crippen LogP) is 1.72. The van der Waals surface area contributed by atoms with E-state index in [1.54, 1.807) is 6.20 Å². The van der Waals surface area contributed by atoms with Gasteiger partial charge in [0.2, 0.25) is 5.91 Å². The Balaban J connectivity index is 1.42. The molecule has 2 aliphatic heterocycles. The van der Waals surface area contributed by atoms with E-state index in [9.17, 15) is 4.79 Å². The molecule has 0 N–H and O–H groups in total. The molecule has 5 nitrogen and oxygen atoms in total. The minimum absolute atomic E-state index is 0.0713. The average molecular weight is 296 g/mol. The zero-order valence-electron chi connectivity index (χ0n) is 12.7. The van der Waals surface area contributed by atoms with Crippen molar-refractivity contribution in [2.45, 2.75) is 25.4 Å². The molecular formula is C17H20N4O. The number of amides is 1. The first-order chi connectivity index (χ1) is 10.7. The highest BCUT2D eigenvalue weighted by Crippen LogP contribution is 2.30. The summed E-state index contributed by atoms with van der Waals surface area (Å²) in [5, 5.41) is 4.28. The quantitative estimate of drug-likeness (QED) is 0.866. The van der Waals surface area contributed by atoms with Gasteiger partial charge in [-0.05, 0) is 31.0 Å². The first-order valence-corrected chi connectivity index (χ1v) is 7.86. The number of nitrogens with zero attached hydrogens (tertiary/aromatic N) is 4. The summed E-state index contributed by atoms with van der Waals surface area (Å²) in [6.07, 6.45) is 4.76. The fourth-order valence-corrected chi connectivity index (χ4v) is 3.42. The van der Waals surface area contributed by atoms with Crippen molar-refractivity contribution >= 4 is 11.6 Å². The van der Waals surface area contributed by atoms with Crippen LogP contribution >= 0.6 is 0 Å². The SMILES string of the molecule is C[C@H](C(=O)N1CCc2ccccc21)N1CC(n2cccn2)C1. The number of likely N-dealkylation sites (tertiary alicyclic amines) is 1. The summed E-state index contributed by atoms with van der Waals surface area (Å²) in [5.41, 5.74) is 2.37. The Labute approximate surface area is 130 Å². The van der Waals surface area contributed by atoms with Gasteiger partial charge in [-0.2, -0.15) is 5.10 Å². The number of aromatic nitrogens is 2. The maximum absolute atomic E-state index is 12.8. The van der Waals surface area contributed by atoms with Gasteiger partial charge in [-0.15, -0.1) is 0 Å². The standard InChI is InChI=1S/C17H20N4O/c1-13(19-11-15(12-19)21-9-4-8-18-21)17(22)20-10-7-14-5-2-3-6-16(14)20/h2-6,8-9,13,15H,7,10-12H2,1H3/t13-/m1/s1. The Bertz CT molecular complexity index is 676. The fraction of sp³-hybridized carbons (Fsp3) is 0.412. The van der Waals surface area contributed by atoms with Gasteiger partial charge in [-0.25, -0.2) is 0 Å². The minimum atomic E-state index is -0.0713. The Kier molecular flexibility index (Phi) is 3.22. The van der Waals surface area contributed by atoms with Gasteiger partial charge in [0.05, 0.1) is 12.1 Å². The number of benzene rings is 1. The van der Waals surface area contributed by atoms with Crippen LogP contribution in [0.15, 0.2) is 42.7 Å². The van der Waals surface area contributed by atoms with Gasteiger partial charge in [0.25, 0.3) is 0 Å². The summed E-state index contributed by atoms with van der Waals surface area (Å²) in [4.78, 5) is 17.0. The van der Waals surface area contributed by atoms with Crippen molar-refractivity contribution in [3.8, 4) is 0 Å². The van der Waals surface area contributed by atoms with E-state index in [0.29, 0.717) is 6.04 Å². The van der Waals surface area contributed by atoms with Gasteiger partial charge >= 0.3 is 0 Å². The van der Waals surface area contributed by atoms with Crippen LogP contribution in [-0.2, 0) is 11.2 Å². The van der Waals surface area contributed by atoms with Crippen molar-refractivity contribution in [1.29, 1.82) is 0 Å². The largest absolute Gasteiger partial charge is 0.310 e. The molecular weight excluding hydrogens is 276 g/mol. The molecule has 114 valence electrons. The second kappa shape index (κ2) is 5.25. The van der Waals surface area contributed by atoms with E-state index in [0.717, 1.165) is 31.7 Å². The van der Waals surface area contributed by atoms with Crippen molar-refractivity contribution in [1.82, 2.24) is 14.7 Å². The van der Waals surface area contributed by atoms with Gasteiger partial charge in [0, 0.05) is 37.7 Å². The number of fused-ring (bicyclic) bond motifs is 1. The molecule has 0 saturated carbocycles. The molecule has 5 heteroatoms. The highest BCUT2D eigenvalue weighted by molar-refractivity contribution is 5.98. The number of para-hydroxylation sites is 1. The Morgan fingerprint density at radius 3 is 2.86 bits per heavy atom. The molecule has 0 aliphatic carbocycles. The smallest absolute Gasteiger partial charge is 0.244 e. The molecule has 2 aliphatic rings. The highest BCUT2D eigenvalue weighted by Gasteiger charge is 2.37. The molecule has 3 heterocycles. The number of hydrogen-bond acceptors (Lipinski definition) is 3. The monoisotopic (exact) mass is 296 g/mol. The number of anilines is 1. The van der Waals surface area contributed by atoms with Crippen LogP contribution in [0, 0.1) is 0 Å². The molecule has 1 atom stereocenters. The lowest BCUT2D eigenvalue weighted by molar-refractivity contribution is -0.125. The molecule has 1 saturated heterocycles. The zero-order valence-corrected chi connectivity index (χ0v) is 12.7. The zero-order chi connectivity index (χ0) is 15.1. The lowest BCUT2D eigenvalue weighted by atomic mass is 10.1.